The van der Waals surface area contributed by atoms with E-state index in [-0.39, 0.29) is 17.8 Å². The first-order chi connectivity index (χ1) is 9.81. The van der Waals surface area contributed by atoms with Gasteiger partial charge in [0.2, 0.25) is 0 Å². The Labute approximate surface area is 119 Å². The molecule has 116 valence electrons. The zero-order valence-corrected chi connectivity index (χ0v) is 11.3. The molecule has 0 bridgehead atoms. The van der Waals surface area contributed by atoms with Crippen molar-refractivity contribution in [1.29, 1.82) is 0 Å². The van der Waals surface area contributed by atoms with Gasteiger partial charge in [-0.2, -0.15) is 13.2 Å². The standard InChI is InChI=1S/C13H15F3N2O3/c1-2-21-10-6-9(7-10)17-11-4-3-8(13(14,15)16)5-12(11)18(19)20/h3-5,9-10,17H,2,6-7H2,1H3. The molecule has 1 aromatic rings. The number of hydrogen-bond acceptors (Lipinski definition) is 4. The van der Waals surface area contributed by atoms with Crippen LogP contribution in [0.2, 0.25) is 0 Å². The summed E-state index contributed by atoms with van der Waals surface area (Å²) in [4.78, 5) is 10.1. The van der Waals surface area contributed by atoms with E-state index in [1.807, 2.05) is 6.92 Å². The smallest absolute Gasteiger partial charge is 0.378 e. The lowest BCUT2D eigenvalue weighted by Gasteiger charge is -2.35. The van der Waals surface area contributed by atoms with Crippen molar-refractivity contribution >= 4 is 11.4 Å². The first-order valence-electron chi connectivity index (χ1n) is 6.55. The van der Waals surface area contributed by atoms with Gasteiger partial charge in [-0.15, -0.1) is 0 Å². The predicted molar refractivity (Wildman–Crippen MR) is 70.2 cm³/mol. The van der Waals surface area contributed by atoms with Gasteiger partial charge in [0.25, 0.3) is 5.69 Å². The SMILES string of the molecule is CCOC1CC(Nc2ccc(C(F)(F)F)cc2[N+](=O)[O-])C1. The Bertz CT molecular complexity index is 528. The first kappa shape index (κ1) is 15.6. The molecule has 1 aromatic carbocycles. The molecule has 2 rings (SSSR count). The Balaban J connectivity index is 2.11. The van der Waals surface area contributed by atoms with Crippen LogP contribution in [-0.2, 0) is 10.9 Å². The second-order valence-electron chi connectivity index (χ2n) is 4.88. The highest BCUT2D eigenvalue weighted by molar-refractivity contribution is 5.63. The second kappa shape index (κ2) is 5.88. The maximum absolute atomic E-state index is 12.6. The number of ether oxygens (including phenoxy) is 1. The van der Waals surface area contributed by atoms with Crippen molar-refractivity contribution in [3.8, 4) is 0 Å². The van der Waals surface area contributed by atoms with Crippen LogP contribution in [-0.4, -0.2) is 23.7 Å². The van der Waals surface area contributed by atoms with Crippen molar-refractivity contribution < 1.29 is 22.8 Å². The van der Waals surface area contributed by atoms with E-state index in [1.165, 1.54) is 0 Å². The molecule has 21 heavy (non-hydrogen) atoms. The predicted octanol–water partition coefficient (Wildman–Crippen LogP) is 3.59. The Morgan fingerprint density at radius 3 is 2.62 bits per heavy atom. The summed E-state index contributed by atoms with van der Waals surface area (Å²) >= 11 is 0. The summed E-state index contributed by atoms with van der Waals surface area (Å²) in [6.45, 7) is 2.47. The molecular formula is C13H15F3N2O3. The summed E-state index contributed by atoms with van der Waals surface area (Å²) in [5.41, 5.74) is -1.49. The fourth-order valence-electron chi connectivity index (χ4n) is 2.26. The number of nitro benzene ring substituents is 1. The van der Waals surface area contributed by atoms with Gasteiger partial charge in [-0.1, -0.05) is 0 Å². The normalized spacial score (nSPS) is 21.7. The molecule has 1 aliphatic carbocycles. The molecule has 0 heterocycles. The van der Waals surface area contributed by atoms with E-state index in [0.717, 1.165) is 12.1 Å². The molecule has 0 atom stereocenters. The van der Waals surface area contributed by atoms with E-state index in [0.29, 0.717) is 25.5 Å². The number of nitrogens with zero attached hydrogens (tertiary/aromatic N) is 1. The Morgan fingerprint density at radius 2 is 2.10 bits per heavy atom. The molecule has 1 N–H and O–H groups in total. The largest absolute Gasteiger partial charge is 0.416 e. The average molecular weight is 304 g/mol. The maximum Gasteiger partial charge on any atom is 0.416 e. The molecule has 1 aliphatic rings. The number of benzene rings is 1. The van der Waals surface area contributed by atoms with Crippen LogP contribution in [0.5, 0.6) is 0 Å². The van der Waals surface area contributed by atoms with Crippen LogP contribution < -0.4 is 5.32 Å². The minimum atomic E-state index is -4.60. The third-order valence-electron chi connectivity index (χ3n) is 3.38. The van der Waals surface area contributed by atoms with Gasteiger partial charge < -0.3 is 10.1 Å². The Morgan fingerprint density at radius 1 is 1.43 bits per heavy atom. The van der Waals surface area contributed by atoms with Crippen molar-refractivity contribution in [3.05, 3.63) is 33.9 Å². The van der Waals surface area contributed by atoms with E-state index in [1.54, 1.807) is 0 Å². The van der Waals surface area contributed by atoms with Crippen molar-refractivity contribution in [2.75, 3.05) is 11.9 Å². The van der Waals surface area contributed by atoms with Crippen LogP contribution in [0.25, 0.3) is 0 Å². The van der Waals surface area contributed by atoms with E-state index in [9.17, 15) is 23.3 Å². The highest BCUT2D eigenvalue weighted by Gasteiger charge is 2.34. The summed E-state index contributed by atoms with van der Waals surface area (Å²) in [6.07, 6.45) is -3.11. The lowest BCUT2D eigenvalue weighted by atomic mass is 9.89. The van der Waals surface area contributed by atoms with Gasteiger partial charge in [-0.25, -0.2) is 0 Å². The quantitative estimate of drug-likeness (QED) is 0.667. The fraction of sp³-hybridized carbons (Fsp3) is 0.538. The van der Waals surface area contributed by atoms with Crippen molar-refractivity contribution in [2.45, 2.75) is 38.1 Å². The molecule has 0 aliphatic heterocycles. The van der Waals surface area contributed by atoms with Crippen molar-refractivity contribution in [1.82, 2.24) is 0 Å². The van der Waals surface area contributed by atoms with E-state index >= 15 is 0 Å². The van der Waals surface area contributed by atoms with E-state index in [2.05, 4.69) is 5.32 Å². The highest BCUT2D eigenvalue weighted by Crippen LogP contribution is 2.36. The molecule has 0 saturated heterocycles. The number of nitrogens with one attached hydrogen (secondary N) is 1. The molecule has 0 aromatic heterocycles. The zero-order valence-electron chi connectivity index (χ0n) is 11.3. The maximum atomic E-state index is 12.6. The minimum absolute atomic E-state index is 0.0167. The van der Waals surface area contributed by atoms with E-state index in [4.69, 9.17) is 4.74 Å². The second-order valence-corrected chi connectivity index (χ2v) is 4.88. The third-order valence-corrected chi connectivity index (χ3v) is 3.38. The summed E-state index contributed by atoms with van der Waals surface area (Å²) in [6, 6.07) is 2.49. The number of alkyl halides is 3. The van der Waals surface area contributed by atoms with Gasteiger partial charge in [-0.3, -0.25) is 10.1 Å². The number of hydrogen-bond donors (Lipinski definition) is 1. The topological polar surface area (TPSA) is 64.4 Å². The van der Waals surface area contributed by atoms with Crippen LogP contribution in [0.3, 0.4) is 0 Å². The van der Waals surface area contributed by atoms with Crippen LogP contribution >= 0.6 is 0 Å². The fourth-order valence-corrected chi connectivity index (χ4v) is 2.26. The molecule has 1 saturated carbocycles. The summed E-state index contributed by atoms with van der Waals surface area (Å²) in [5.74, 6) is 0. The van der Waals surface area contributed by atoms with Crippen molar-refractivity contribution in [2.24, 2.45) is 0 Å². The minimum Gasteiger partial charge on any atom is -0.378 e. The molecule has 0 amide bonds. The molecule has 0 spiro atoms. The van der Waals surface area contributed by atoms with Crippen molar-refractivity contribution in [3.63, 3.8) is 0 Å². The summed E-state index contributed by atoms with van der Waals surface area (Å²) < 4.78 is 43.1. The third kappa shape index (κ3) is 3.63. The molecule has 8 heteroatoms. The number of halogens is 3. The lowest BCUT2D eigenvalue weighted by Crippen LogP contribution is -2.40. The lowest BCUT2D eigenvalue weighted by molar-refractivity contribution is -0.384. The number of nitro groups is 1. The number of anilines is 1. The van der Waals surface area contributed by atoms with Gasteiger partial charge in [0.1, 0.15) is 5.69 Å². The van der Waals surface area contributed by atoms with Crippen LogP contribution in [0, 0.1) is 10.1 Å². The Kier molecular flexibility index (Phi) is 4.36. The van der Waals surface area contributed by atoms with E-state index < -0.39 is 22.4 Å². The monoisotopic (exact) mass is 304 g/mol. The van der Waals surface area contributed by atoms with Gasteiger partial charge in [0, 0.05) is 18.7 Å². The Hall–Kier alpha value is -1.83. The summed E-state index contributed by atoms with van der Waals surface area (Å²) in [7, 11) is 0. The molecule has 0 radical (unpaired) electrons. The van der Waals surface area contributed by atoms with Gasteiger partial charge in [0.05, 0.1) is 16.6 Å². The number of rotatable bonds is 5. The molecule has 0 unspecified atom stereocenters. The van der Waals surface area contributed by atoms with Gasteiger partial charge in [0.15, 0.2) is 0 Å². The van der Waals surface area contributed by atoms with Crippen LogP contribution in [0.4, 0.5) is 24.5 Å². The first-order valence-corrected chi connectivity index (χ1v) is 6.55. The molecular weight excluding hydrogens is 289 g/mol. The highest BCUT2D eigenvalue weighted by atomic mass is 19.4. The summed E-state index contributed by atoms with van der Waals surface area (Å²) in [5, 5.41) is 13.8. The molecule has 1 fully saturated rings. The molecule has 5 nitrogen and oxygen atoms in total. The van der Waals surface area contributed by atoms with Gasteiger partial charge in [-0.05, 0) is 31.9 Å². The zero-order chi connectivity index (χ0) is 15.6. The van der Waals surface area contributed by atoms with Crippen LogP contribution in [0.15, 0.2) is 18.2 Å². The van der Waals surface area contributed by atoms with Crippen LogP contribution in [0.1, 0.15) is 25.3 Å². The average Bonchev–Trinajstić information content (AvgIpc) is 2.35. The van der Waals surface area contributed by atoms with Gasteiger partial charge >= 0.3 is 6.18 Å².